The van der Waals surface area contributed by atoms with Crippen molar-refractivity contribution in [1.29, 1.82) is 0 Å². The van der Waals surface area contributed by atoms with E-state index in [-0.39, 0.29) is 18.1 Å². The maximum absolute atomic E-state index is 12.1. The molecule has 0 aliphatic carbocycles. The van der Waals surface area contributed by atoms with Crippen molar-refractivity contribution in [3.63, 3.8) is 0 Å². The predicted octanol–water partition coefficient (Wildman–Crippen LogP) is 4.64. The van der Waals surface area contributed by atoms with Crippen molar-refractivity contribution in [2.24, 2.45) is 5.92 Å². The lowest BCUT2D eigenvalue weighted by Gasteiger charge is -2.37. The van der Waals surface area contributed by atoms with Crippen LogP contribution in [0.15, 0.2) is 60.9 Å². The fraction of sp³-hybridized carbons (Fsp3) is 0.531. The zero-order chi connectivity index (χ0) is 30.8. The Morgan fingerprint density at radius 2 is 1.56 bits per heavy atom. The number of hydrogen-bond donors (Lipinski definition) is 1. The number of ether oxygens (including phenoxy) is 3. The van der Waals surface area contributed by atoms with Crippen molar-refractivity contribution >= 4 is 23.1 Å². The highest BCUT2D eigenvalue weighted by Crippen LogP contribution is 2.33. The maximum atomic E-state index is 12.1. The summed E-state index contributed by atoms with van der Waals surface area (Å²) in [5.41, 5.74) is 3.22. The normalized spacial score (nSPS) is 20.0. The molecule has 2 fully saturated rings. The standard InChI is InChI=1S/C30H41N7O4.C2H6/c1-5-31-29(38)34(4)24-6-8-25(9-7-24)35-16-18-36(19-17-35)26-10-12-27(13-11-26)39-20-28-21-40-30(41-28,23(2)3)22-37-32-14-15-33-37;1-2/h6-15,23,28H,5,16-22H2,1-4H3,(H,31,38);1-2H3. The lowest BCUT2D eigenvalue weighted by atomic mass is 10.0. The Kier molecular flexibility index (Phi) is 11.2. The number of carbonyl (C=O) groups excluding carboxylic acids is 1. The Morgan fingerprint density at radius 3 is 2.09 bits per heavy atom. The molecule has 2 atom stereocenters. The quantitative estimate of drug-likeness (QED) is 0.363. The summed E-state index contributed by atoms with van der Waals surface area (Å²) in [7, 11) is 1.78. The van der Waals surface area contributed by atoms with Crippen molar-refractivity contribution in [3.05, 3.63) is 60.9 Å². The molecule has 0 spiro atoms. The molecule has 1 N–H and O–H groups in total. The van der Waals surface area contributed by atoms with Gasteiger partial charge in [-0.05, 0) is 55.5 Å². The molecule has 234 valence electrons. The van der Waals surface area contributed by atoms with Crippen LogP contribution in [0, 0.1) is 5.92 Å². The number of piperazine rings is 1. The van der Waals surface area contributed by atoms with Gasteiger partial charge in [0, 0.05) is 62.8 Å². The van der Waals surface area contributed by atoms with E-state index in [0.717, 1.165) is 37.6 Å². The molecule has 11 nitrogen and oxygen atoms in total. The molecule has 0 bridgehead atoms. The summed E-state index contributed by atoms with van der Waals surface area (Å²) in [6, 6.07) is 16.3. The minimum atomic E-state index is -0.761. The van der Waals surface area contributed by atoms with Crippen molar-refractivity contribution in [2.75, 3.05) is 67.7 Å². The summed E-state index contributed by atoms with van der Waals surface area (Å²) < 4.78 is 18.5. The zero-order valence-electron chi connectivity index (χ0n) is 26.4. The van der Waals surface area contributed by atoms with Gasteiger partial charge >= 0.3 is 6.03 Å². The molecule has 2 saturated heterocycles. The molecule has 3 heterocycles. The average molecular weight is 594 g/mol. The molecular weight excluding hydrogens is 546 g/mol. The van der Waals surface area contributed by atoms with Crippen LogP contribution in [0.25, 0.3) is 0 Å². The van der Waals surface area contributed by atoms with Crippen molar-refractivity contribution in [3.8, 4) is 5.75 Å². The number of rotatable bonds is 10. The summed E-state index contributed by atoms with van der Waals surface area (Å²) in [4.78, 5) is 20.1. The first-order valence-electron chi connectivity index (χ1n) is 15.4. The molecular formula is C32H47N7O4. The summed E-state index contributed by atoms with van der Waals surface area (Å²) in [6.45, 7) is 15.7. The third-order valence-electron chi connectivity index (χ3n) is 7.74. The highest BCUT2D eigenvalue weighted by molar-refractivity contribution is 5.91. The van der Waals surface area contributed by atoms with Crippen molar-refractivity contribution < 1.29 is 19.0 Å². The van der Waals surface area contributed by atoms with Gasteiger partial charge < -0.3 is 29.3 Å². The fourth-order valence-electron chi connectivity index (χ4n) is 5.20. The number of amides is 2. The second kappa shape index (κ2) is 15.1. The number of carbonyl (C=O) groups is 1. The topological polar surface area (TPSA) is 97.2 Å². The zero-order valence-corrected chi connectivity index (χ0v) is 26.4. The van der Waals surface area contributed by atoms with Crippen LogP contribution in [-0.2, 0) is 16.0 Å². The molecule has 0 saturated carbocycles. The molecule has 2 aromatic carbocycles. The van der Waals surface area contributed by atoms with Gasteiger partial charge in [0.25, 0.3) is 0 Å². The third-order valence-corrected chi connectivity index (χ3v) is 7.74. The second-order valence-corrected chi connectivity index (χ2v) is 10.8. The number of nitrogens with zero attached hydrogens (tertiary/aromatic N) is 6. The molecule has 2 aliphatic rings. The monoisotopic (exact) mass is 593 g/mol. The first-order valence-corrected chi connectivity index (χ1v) is 15.4. The molecule has 11 heteroatoms. The first-order chi connectivity index (χ1) is 20.9. The summed E-state index contributed by atoms with van der Waals surface area (Å²) in [6.07, 6.45) is 3.15. The Labute approximate surface area is 255 Å². The van der Waals surface area contributed by atoms with E-state index >= 15 is 0 Å². The summed E-state index contributed by atoms with van der Waals surface area (Å²) in [5.74, 6) is 0.185. The molecule has 2 unspecified atom stereocenters. The van der Waals surface area contributed by atoms with Gasteiger partial charge in [0.2, 0.25) is 0 Å². The van der Waals surface area contributed by atoms with E-state index in [0.29, 0.717) is 26.3 Å². The van der Waals surface area contributed by atoms with Gasteiger partial charge in [0.1, 0.15) is 25.0 Å². The van der Waals surface area contributed by atoms with E-state index in [4.69, 9.17) is 14.2 Å². The van der Waals surface area contributed by atoms with Crippen molar-refractivity contribution in [2.45, 2.75) is 53.1 Å². The number of anilines is 3. The number of aromatic nitrogens is 3. The predicted molar refractivity (Wildman–Crippen MR) is 170 cm³/mol. The Balaban J connectivity index is 0.00000207. The summed E-state index contributed by atoms with van der Waals surface area (Å²) in [5, 5.41) is 11.2. The summed E-state index contributed by atoms with van der Waals surface area (Å²) >= 11 is 0. The van der Waals surface area contributed by atoms with E-state index in [1.54, 1.807) is 29.1 Å². The van der Waals surface area contributed by atoms with Gasteiger partial charge in [-0.3, -0.25) is 4.90 Å². The van der Waals surface area contributed by atoms with Crippen LogP contribution in [0.1, 0.15) is 34.6 Å². The molecule has 5 rings (SSSR count). The van der Waals surface area contributed by atoms with Gasteiger partial charge in [-0.25, -0.2) is 4.79 Å². The van der Waals surface area contributed by atoms with Crippen molar-refractivity contribution in [1.82, 2.24) is 20.3 Å². The van der Waals surface area contributed by atoms with Gasteiger partial charge in [0.05, 0.1) is 19.0 Å². The minimum absolute atomic E-state index is 0.0986. The van der Waals surface area contributed by atoms with Crippen LogP contribution in [-0.4, -0.2) is 85.9 Å². The number of nitrogens with one attached hydrogen (secondary N) is 1. The highest BCUT2D eigenvalue weighted by atomic mass is 16.8. The largest absolute Gasteiger partial charge is 0.491 e. The maximum Gasteiger partial charge on any atom is 0.321 e. The lowest BCUT2D eigenvalue weighted by Crippen LogP contribution is -2.46. The van der Waals surface area contributed by atoms with Crippen LogP contribution in [0.5, 0.6) is 5.75 Å². The van der Waals surface area contributed by atoms with Crippen LogP contribution >= 0.6 is 0 Å². The smallest absolute Gasteiger partial charge is 0.321 e. The van der Waals surface area contributed by atoms with E-state index in [1.807, 2.05) is 45.0 Å². The van der Waals surface area contributed by atoms with Crippen LogP contribution in [0.3, 0.4) is 0 Å². The van der Waals surface area contributed by atoms with Crippen LogP contribution < -0.4 is 24.8 Å². The third kappa shape index (κ3) is 7.97. The SMILES string of the molecule is CC.CCNC(=O)N(C)c1ccc(N2CCN(c3ccc(OCC4COC(Cn5nccn5)(C(C)C)O4)cc3)CC2)cc1. The lowest BCUT2D eigenvalue weighted by molar-refractivity contribution is -0.211. The fourth-order valence-corrected chi connectivity index (χ4v) is 5.20. The number of benzene rings is 2. The Morgan fingerprint density at radius 1 is 1.00 bits per heavy atom. The molecule has 2 aliphatic heterocycles. The van der Waals surface area contributed by atoms with E-state index in [1.165, 1.54) is 11.4 Å². The van der Waals surface area contributed by atoms with Crippen LogP contribution in [0.4, 0.5) is 21.9 Å². The number of urea groups is 1. The highest BCUT2D eigenvalue weighted by Gasteiger charge is 2.45. The van der Waals surface area contributed by atoms with E-state index in [9.17, 15) is 4.79 Å². The molecule has 3 aromatic rings. The Bertz CT molecular complexity index is 1250. The number of hydrogen-bond acceptors (Lipinski definition) is 8. The van der Waals surface area contributed by atoms with Gasteiger partial charge in [-0.2, -0.15) is 15.0 Å². The Hall–Kier alpha value is -3.83. The van der Waals surface area contributed by atoms with E-state index in [2.05, 4.69) is 63.4 Å². The van der Waals surface area contributed by atoms with Gasteiger partial charge in [-0.15, -0.1) is 0 Å². The second-order valence-electron chi connectivity index (χ2n) is 10.8. The first kappa shape index (κ1) is 32.1. The van der Waals surface area contributed by atoms with E-state index < -0.39 is 5.79 Å². The van der Waals surface area contributed by atoms with Crippen LogP contribution in [0.2, 0.25) is 0 Å². The minimum Gasteiger partial charge on any atom is -0.491 e. The van der Waals surface area contributed by atoms with Gasteiger partial charge in [0.15, 0.2) is 5.79 Å². The molecule has 43 heavy (non-hydrogen) atoms. The average Bonchev–Trinajstić information content (AvgIpc) is 3.72. The molecule has 0 radical (unpaired) electrons. The molecule has 2 amide bonds. The molecule has 1 aromatic heterocycles. The van der Waals surface area contributed by atoms with Gasteiger partial charge in [-0.1, -0.05) is 27.7 Å².